The number of nitrogens with two attached hydrogens (primary N) is 1. The van der Waals surface area contributed by atoms with Crippen LogP contribution in [-0.2, 0) is 17.0 Å². The van der Waals surface area contributed by atoms with Gasteiger partial charge in [0.15, 0.2) is 5.67 Å². The molecule has 0 spiro atoms. The molecular weight excluding hydrogens is 193 g/mol. The molecule has 0 radical (unpaired) electrons. The van der Waals surface area contributed by atoms with E-state index >= 15 is 0 Å². The Kier molecular flexibility index (Phi) is 3.03. The SMILES string of the molecule is NCc1ccc(C2(F)CCCOC2)cc1. The molecule has 1 heterocycles. The Balaban J connectivity index is 2.20. The van der Waals surface area contributed by atoms with Crippen molar-refractivity contribution in [1.29, 1.82) is 0 Å². The lowest BCUT2D eigenvalue weighted by atomic mass is 9.90. The van der Waals surface area contributed by atoms with Crippen molar-refractivity contribution >= 4 is 0 Å². The van der Waals surface area contributed by atoms with Gasteiger partial charge in [0.1, 0.15) is 0 Å². The van der Waals surface area contributed by atoms with Crippen LogP contribution in [0.2, 0.25) is 0 Å². The Bertz CT molecular complexity index is 317. The number of halogens is 1. The van der Waals surface area contributed by atoms with Crippen LogP contribution in [0.1, 0.15) is 24.0 Å². The zero-order chi connectivity index (χ0) is 10.7. The Morgan fingerprint density at radius 3 is 2.60 bits per heavy atom. The highest BCUT2D eigenvalue weighted by atomic mass is 19.1. The summed E-state index contributed by atoms with van der Waals surface area (Å²) in [4.78, 5) is 0. The second kappa shape index (κ2) is 4.29. The third kappa shape index (κ3) is 2.19. The number of benzene rings is 1. The molecule has 0 amide bonds. The van der Waals surface area contributed by atoms with E-state index in [4.69, 9.17) is 10.5 Å². The van der Waals surface area contributed by atoms with Gasteiger partial charge in [-0.3, -0.25) is 0 Å². The number of ether oxygens (including phenoxy) is 1. The van der Waals surface area contributed by atoms with Gasteiger partial charge in [-0.1, -0.05) is 24.3 Å². The van der Waals surface area contributed by atoms with Crippen LogP contribution in [0.3, 0.4) is 0 Å². The highest BCUT2D eigenvalue weighted by molar-refractivity contribution is 5.27. The molecule has 0 aliphatic carbocycles. The molecule has 2 N–H and O–H groups in total. The predicted molar refractivity (Wildman–Crippen MR) is 57.2 cm³/mol. The van der Waals surface area contributed by atoms with Gasteiger partial charge in [-0.05, 0) is 24.0 Å². The highest BCUT2D eigenvalue weighted by Crippen LogP contribution is 2.34. The number of alkyl halides is 1. The molecule has 1 aliphatic rings. The van der Waals surface area contributed by atoms with Crippen molar-refractivity contribution in [2.45, 2.75) is 25.1 Å². The standard InChI is InChI=1S/C12H16FNO/c13-12(6-1-7-15-9-12)11-4-2-10(8-14)3-5-11/h2-5H,1,6-9,14H2. The van der Waals surface area contributed by atoms with Crippen molar-refractivity contribution in [3.63, 3.8) is 0 Å². The third-order valence-electron chi connectivity index (χ3n) is 2.90. The van der Waals surface area contributed by atoms with Crippen LogP contribution in [-0.4, -0.2) is 13.2 Å². The summed E-state index contributed by atoms with van der Waals surface area (Å²) in [6, 6.07) is 7.39. The third-order valence-corrected chi connectivity index (χ3v) is 2.90. The van der Waals surface area contributed by atoms with Crippen LogP contribution in [0.5, 0.6) is 0 Å². The summed E-state index contributed by atoms with van der Waals surface area (Å²) in [6.07, 6.45) is 1.34. The van der Waals surface area contributed by atoms with Gasteiger partial charge < -0.3 is 10.5 Å². The minimum Gasteiger partial charge on any atom is -0.378 e. The van der Waals surface area contributed by atoms with Gasteiger partial charge in [-0.15, -0.1) is 0 Å². The maximum Gasteiger partial charge on any atom is 0.159 e. The fourth-order valence-electron chi connectivity index (χ4n) is 1.93. The Labute approximate surface area is 89.2 Å². The average molecular weight is 209 g/mol. The lowest BCUT2D eigenvalue weighted by Crippen LogP contribution is -2.31. The van der Waals surface area contributed by atoms with Crippen LogP contribution in [0, 0.1) is 0 Å². The summed E-state index contributed by atoms with van der Waals surface area (Å²) in [5, 5.41) is 0. The molecule has 3 heteroatoms. The van der Waals surface area contributed by atoms with Crippen molar-refractivity contribution < 1.29 is 9.13 Å². The summed E-state index contributed by atoms with van der Waals surface area (Å²) >= 11 is 0. The first-order chi connectivity index (χ1) is 7.24. The van der Waals surface area contributed by atoms with Gasteiger partial charge >= 0.3 is 0 Å². The second-order valence-corrected chi connectivity index (χ2v) is 4.02. The fourth-order valence-corrected chi connectivity index (χ4v) is 1.93. The molecule has 2 rings (SSSR count). The molecule has 15 heavy (non-hydrogen) atoms. The molecule has 1 unspecified atom stereocenters. The zero-order valence-corrected chi connectivity index (χ0v) is 8.71. The van der Waals surface area contributed by atoms with Crippen molar-refractivity contribution in [3.05, 3.63) is 35.4 Å². The van der Waals surface area contributed by atoms with E-state index in [0.717, 1.165) is 12.0 Å². The largest absolute Gasteiger partial charge is 0.378 e. The maximum atomic E-state index is 14.4. The smallest absolute Gasteiger partial charge is 0.159 e. The van der Waals surface area contributed by atoms with Crippen molar-refractivity contribution in [2.75, 3.05) is 13.2 Å². The van der Waals surface area contributed by atoms with E-state index in [0.29, 0.717) is 25.1 Å². The van der Waals surface area contributed by atoms with Gasteiger partial charge in [0, 0.05) is 13.2 Å². The van der Waals surface area contributed by atoms with Gasteiger partial charge in [0.05, 0.1) is 6.61 Å². The predicted octanol–water partition coefficient (Wildman–Crippen LogP) is 2.12. The van der Waals surface area contributed by atoms with Crippen molar-refractivity contribution in [2.24, 2.45) is 5.73 Å². The maximum absolute atomic E-state index is 14.4. The van der Waals surface area contributed by atoms with Gasteiger partial charge in [-0.2, -0.15) is 0 Å². The summed E-state index contributed by atoms with van der Waals surface area (Å²) < 4.78 is 19.6. The minimum absolute atomic E-state index is 0.176. The molecule has 2 nitrogen and oxygen atoms in total. The summed E-state index contributed by atoms with van der Waals surface area (Å²) in [5.74, 6) is 0. The minimum atomic E-state index is -1.30. The van der Waals surface area contributed by atoms with Crippen LogP contribution >= 0.6 is 0 Å². The average Bonchev–Trinajstić information content (AvgIpc) is 2.30. The first kappa shape index (κ1) is 10.6. The lowest BCUT2D eigenvalue weighted by molar-refractivity contribution is -0.0347. The highest BCUT2D eigenvalue weighted by Gasteiger charge is 2.34. The van der Waals surface area contributed by atoms with E-state index in [9.17, 15) is 4.39 Å². The summed E-state index contributed by atoms with van der Waals surface area (Å²) in [5.41, 5.74) is 5.93. The number of hydrogen-bond acceptors (Lipinski definition) is 2. The Morgan fingerprint density at radius 2 is 2.07 bits per heavy atom. The molecule has 1 aromatic rings. The molecule has 1 aliphatic heterocycles. The monoisotopic (exact) mass is 209 g/mol. The first-order valence-corrected chi connectivity index (χ1v) is 5.31. The quantitative estimate of drug-likeness (QED) is 0.809. The molecule has 1 atom stereocenters. The number of hydrogen-bond donors (Lipinski definition) is 1. The summed E-state index contributed by atoms with van der Waals surface area (Å²) in [7, 11) is 0. The Morgan fingerprint density at radius 1 is 1.33 bits per heavy atom. The van der Waals surface area contributed by atoms with Crippen molar-refractivity contribution in [1.82, 2.24) is 0 Å². The zero-order valence-electron chi connectivity index (χ0n) is 8.71. The van der Waals surface area contributed by atoms with E-state index < -0.39 is 5.67 Å². The van der Waals surface area contributed by atoms with Gasteiger partial charge in [0.2, 0.25) is 0 Å². The lowest BCUT2D eigenvalue weighted by Gasteiger charge is -2.29. The fraction of sp³-hybridized carbons (Fsp3) is 0.500. The molecule has 0 aromatic heterocycles. The normalized spacial score (nSPS) is 26.5. The van der Waals surface area contributed by atoms with Crippen LogP contribution in [0.25, 0.3) is 0 Å². The Hall–Kier alpha value is -0.930. The van der Waals surface area contributed by atoms with Crippen LogP contribution in [0.15, 0.2) is 24.3 Å². The molecule has 1 fully saturated rings. The van der Waals surface area contributed by atoms with Gasteiger partial charge in [0.25, 0.3) is 0 Å². The van der Waals surface area contributed by atoms with Crippen LogP contribution < -0.4 is 5.73 Å². The van der Waals surface area contributed by atoms with E-state index in [1.165, 1.54) is 0 Å². The molecule has 1 saturated heterocycles. The topological polar surface area (TPSA) is 35.2 Å². The van der Waals surface area contributed by atoms with Gasteiger partial charge in [-0.25, -0.2) is 4.39 Å². The first-order valence-electron chi connectivity index (χ1n) is 5.31. The molecule has 82 valence electrons. The van der Waals surface area contributed by atoms with E-state index in [1.807, 2.05) is 24.3 Å². The number of rotatable bonds is 2. The van der Waals surface area contributed by atoms with E-state index in [2.05, 4.69) is 0 Å². The van der Waals surface area contributed by atoms with Crippen LogP contribution in [0.4, 0.5) is 4.39 Å². The molecule has 0 saturated carbocycles. The summed E-state index contributed by atoms with van der Waals surface area (Å²) in [6.45, 7) is 1.34. The molecule has 0 bridgehead atoms. The van der Waals surface area contributed by atoms with E-state index in [-0.39, 0.29) is 6.61 Å². The van der Waals surface area contributed by atoms with E-state index in [1.54, 1.807) is 0 Å². The van der Waals surface area contributed by atoms with Crippen molar-refractivity contribution in [3.8, 4) is 0 Å². The molecular formula is C12H16FNO. The second-order valence-electron chi connectivity index (χ2n) is 4.02. The molecule has 1 aromatic carbocycles.